The molecule has 0 bridgehead atoms. The number of pyridine rings is 7. The minimum absolute atomic E-state index is 0.0431. The molecule has 0 saturated carbocycles. The largest absolute Gasteiger partial charge is 0.514 e. The number of aliphatic hydroxyl groups excluding tert-OH is 2. The molecule has 10 aromatic carbocycles. The van der Waals surface area contributed by atoms with Crippen molar-refractivity contribution in [3.8, 4) is 113 Å². The molecule has 1 aliphatic carbocycles. The maximum absolute atomic E-state index is 14.1. The summed E-state index contributed by atoms with van der Waals surface area (Å²) < 4.78 is 56.0. The summed E-state index contributed by atoms with van der Waals surface area (Å²) >= 11 is 6.88. The van der Waals surface area contributed by atoms with Crippen molar-refractivity contribution >= 4 is 90.8 Å². The smallest absolute Gasteiger partial charge is 0.427 e. The summed E-state index contributed by atoms with van der Waals surface area (Å²) in [5, 5.41) is 40.7. The van der Waals surface area contributed by atoms with Gasteiger partial charge in [-0.3, -0.25) is 31.0 Å². The number of nitrogens with one attached hydrogen (secondary N) is 6. The number of H-pyrrole nitrogens is 1. The van der Waals surface area contributed by atoms with Gasteiger partial charge < -0.3 is 50.3 Å². The number of anilines is 5. The fourth-order valence-corrected chi connectivity index (χ4v) is 16.8. The lowest BCUT2D eigenvalue weighted by molar-refractivity contribution is 0.0878. The van der Waals surface area contributed by atoms with Crippen LogP contribution in [0, 0.1) is 67.0 Å². The van der Waals surface area contributed by atoms with Gasteiger partial charge in [0.2, 0.25) is 0 Å². The van der Waals surface area contributed by atoms with E-state index in [4.69, 9.17) is 49.5 Å². The van der Waals surface area contributed by atoms with Crippen LogP contribution in [-0.2, 0) is 23.4 Å². The number of carbonyl (C=O) groups excluding carboxylic acids is 5. The molecule has 27 nitrogen and oxygen atoms in total. The number of halogens is 4. The van der Waals surface area contributed by atoms with E-state index in [9.17, 15) is 37.9 Å². The van der Waals surface area contributed by atoms with Crippen LogP contribution in [0.4, 0.5) is 61.2 Å². The van der Waals surface area contributed by atoms with Crippen LogP contribution < -0.4 is 51.3 Å². The topological polar surface area (TPSA) is 377 Å². The van der Waals surface area contributed by atoms with Gasteiger partial charge in [-0.2, -0.15) is 5.10 Å². The average molecular weight is 2140 g/mol. The third-order valence-electron chi connectivity index (χ3n) is 23.8. The third-order valence-corrected chi connectivity index (χ3v) is 25.4. The fraction of sp³-hybridized carbons (Fsp3) is 0.134. The first kappa shape index (κ1) is 107. The van der Waals surface area contributed by atoms with Gasteiger partial charge in [0.15, 0.2) is 11.6 Å². The van der Waals surface area contributed by atoms with Crippen LogP contribution in [-0.4, -0.2) is 91.9 Å². The van der Waals surface area contributed by atoms with Crippen molar-refractivity contribution in [1.29, 1.82) is 0 Å². The monoisotopic (exact) mass is 2130 g/mol. The molecule has 19 rings (SSSR count). The molecule has 8 aromatic heterocycles. The highest BCUT2D eigenvalue weighted by Crippen LogP contribution is 2.45. The first-order valence-corrected chi connectivity index (χ1v) is 49.1. The molecule has 0 unspecified atom stereocenters. The zero-order valence-corrected chi connectivity index (χ0v) is 86.5. The minimum Gasteiger partial charge on any atom is -0.427 e. The van der Waals surface area contributed by atoms with Crippen LogP contribution in [0.2, 0.25) is 0 Å². The number of para-hydroxylation sites is 1. The number of aryl methyl sites for hydroxylation is 8. The zero-order chi connectivity index (χ0) is 106. The number of aromatic nitrogens is 9. The fourth-order valence-electron chi connectivity index (χ4n) is 16.2. The van der Waals surface area contributed by atoms with Crippen LogP contribution >= 0.6 is 31.9 Å². The van der Waals surface area contributed by atoms with Crippen LogP contribution in [0.5, 0.6) is 23.0 Å². The standard InChI is InChI=1S/C34H29N3O5.C25H24BrF2N3O2.C23H20N4O2.C19H15BrN2O2.C18H17N3O/c1-22-9-15-28(16-10-22)41-33(38)36-30-19-24(3)31(37-32(30)25-7-5-4-6-8-25)26-13-14-27(35-20-26)21-40-34(39)42-29-17-11-23(2)12-18-29;1-13-9-19(21(30-23(13)26)14-7-5-4-6-8-14)29-24(33)31-22-15-10-17(27)18(28)11-16(15)25(2,3)12-20(22)32;1-15-8-10-19(11-9-15)29-23(28)26-20-12-16(2)21(18-13-24-25-14-18)27-22(20)17-6-4-3-5-7-17;1-13-12-16(21-19(23)24-15-10-6-3-7-11-15)17(22-18(13)20)14-8-4-2-5-9-14;1-12-9-16(19)18(13-5-3-2-4-6-13)21-17(12)14-7-8-15(11-22)20-10-14/h4-20H,21H2,1-3H3,(H,36,38);4-11,20,22,32H,12H2,1-3H3,(H2,29,31,33);3-14H,1-2H3,(H,24,25)(H,26,28);2-12H,1H3,(H,21,23);2-10,22H,11,19H2,1H3/t;20-,22-;;;/m.1.../s1. The van der Waals surface area contributed by atoms with Crippen molar-refractivity contribution < 1.29 is 66.7 Å². The summed E-state index contributed by atoms with van der Waals surface area (Å²) in [5.74, 6) is -0.160. The van der Waals surface area contributed by atoms with E-state index in [1.54, 1.807) is 91.5 Å². The Labute approximate surface area is 882 Å². The van der Waals surface area contributed by atoms with Gasteiger partial charge in [-0.1, -0.05) is 237 Å². The zero-order valence-electron chi connectivity index (χ0n) is 83.3. The normalized spacial score (nSPS) is 12.4. The van der Waals surface area contributed by atoms with Gasteiger partial charge >= 0.3 is 30.5 Å². The van der Waals surface area contributed by atoms with Crippen LogP contribution in [0.3, 0.4) is 0 Å². The lowest BCUT2D eigenvalue weighted by Crippen LogP contribution is -2.45. The highest BCUT2D eigenvalue weighted by molar-refractivity contribution is 9.10. The second-order valence-electron chi connectivity index (χ2n) is 35.7. The van der Waals surface area contributed by atoms with Gasteiger partial charge in [0.1, 0.15) is 38.8 Å². The number of nitrogens with zero attached hydrogens (tertiary/aromatic N) is 8. The molecule has 10 N–H and O–H groups in total. The van der Waals surface area contributed by atoms with E-state index in [0.717, 1.165) is 123 Å². The van der Waals surface area contributed by atoms with Crippen LogP contribution in [0.1, 0.15) is 93.3 Å². The number of hydrogen-bond donors (Lipinski definition) is 9. The van der Waals surface area contributed by atoms with Gasteiger partial charge in [-0.25, -0.2) is 57.7 Å². The number of nitrogen functional groups attached to an aromatic ring is 1. The number of aromatic amines is 1. The van der Waals surface area contributed by atoms with Crippen molar-refractivity contribution in [2.24, 2.45) is 0 Å². The van der Waals surface area contributed by atoms with E-state index in [2.05, 4.69) is 88.6 Å². The van der Waals surface area contributed by atoms with E-state index in [1.165, 1.54) is 0 Å². The van der Waals surface area contributed by atoms with Crippen molar-refractivity contribution in [3.63, 3.8) is 0 Å². The first-order valence-electron chi connectivity index (χ1n) is 47.6. The maximum Gasteiger partial charge on any atom is 0.514 e. The lowest BCUT2D eigenvalue weighted by Gasteiger charge is -2.40. The molecule has 2 atom stereocenters. The molecular weight excluding hydrogens is 2030 g/mol. The number of fused-ring (bicyclic) bond motifs is 1. The summed E-state index contributed by atoms with van der Waals surface area (Å²) in [6.45, 7) is 19.1. The molecule has 8 heterocycles. The van der Waals surface area contributed by atoms with Crippen LogP contribution in [0.25, 0.3) is 90.1 Å². The van der Waals surface area contributed by atoms with E-state index in [0.29, 0.717) is 107 Å². The molecule has 1 aliphatic rings. The van der Waals surface area contributed by atoms with Gasteiger partial charge in [-0.15, -0.1) is 0 Å². The van der Waals surface area contributed by atoms with E-state index < -0.39 is 59.7 Å². The molecule has 0 spiro atoms. The maximum atomic E-state index is 14.1. The van der Waals surface area contributed by atoms with Gasteiger partial charge in [0.05, 0.1) is 110 Å². The second-order valence-corrected chi connectivity index (χ2v) is 37.3. The molecule has 0 fully saturated rings. The quantitative estimate of drug-likeness (QED) is 0.0194. The van der Waals surface area contributed by atoms with E-state index in [-0.39, 0.29) is 19.6 Å². The number of rotatable bonds is 20. The van der Waals surface area contributed by atoms with E-state index >= 15 is 0 Å². The van der Waals surface area contributed by atoms with E-state index in [1.807, 2.05) is 312 Å². The number of ether oxygens (including phenoxy) is 5. The number of carbonyl (C=O) groups is 5. The first-order chi connectivity index (χ1) is 72.3. The summed E-state index contributed by atoms with van der Waals surface area (Å²) in [7, 11) is 0. The minimum atomic E-state index is -1.02. The van der Waals surface area contributed by atoms with Gasteiger partial charge in [0.25, 0.3) is 0 Å². The highest BCUT2D eigenvalue weighted by Gasteiger charge is 2.41. The Morgan fingerprint density at radius 3 is 1.15 bits per heavy atom. The Balaban J connectivity index is 0.000000143. The molecular formula is C119H105Br2F2N15O12. The molecule has 31 heteroatoms. The second kappa shape index (κ2) is 50.0. The Hall–Kier alpha value is -17.7. The third kappa shape index (κ3) is 28.4. The van der Waals surface area contributed by atoms with Crippen molar-refractivity contribution in [2.45, 2.75) is 106 Å². The number of nitrogens with two attached hydrogens (primary N) is 1. The van der Waals surface area contributed by atoms with Crippen molar-refractivity contribution in [2.75, 3.05) is 27.0 Å². The molecule has 150 heavy (non-hydrogen) atoms. The lowest BCUT2D eigenvalue weighted by atomic mass is 9.69. The summed E-state index contributed by atoms with van der Waals surface area (Å²) in [6, 6.07) is 96.2. The molecule has 5 amide bonds. The Kier molecular flexibility index (Phi) is 35.5. The molecule has 0 aliphatic heterocycles. The number of aliphatic hydroxyl groups is 2. The summed E-state index contributed by atoms with van der Waals surface area (Å²) in [4.78, 5) is 94.8. The van der Waals surface area contributed by atoms with Crippen LogP contribution in [0.15, 0.2) is 356 Å². The average Bonchev–Trinajstić information content (AvgIpc) is 1.41. The summed E-state index contributed by atoms with van der Waals surface area (Å²) in [5.41, 5.74) is 30.8. The van der Waals surface area contributed by atoms with Crippen molar-refractivity contribution in [1.82, 2.24) is 50.4 Å². The number of amides is 5. The Morgan fingerprint density at radius 2 is 0.747 bits per heavy atom. The Morgan fingerprint density at radius 1 is 0.393 bits per heavy atom. The number of benzene rings is 10. The highest BCUT2D eigenvalue weighted by atomic mass is 79.9. The van der Waals surface area contributed by atoms with Gasteiger partial charge in [-0.05, 0) is 253 Å². The summed E-state index contributed by atoms with van der Waals surface area (Å²) in [6.07, 6.45) is 3.69. The number of urea groups is 1. The van der Waals surface area contributed by atoms with Gasteiger partial charge in [0, 0.05) is 63.1 Å². The molecule has 756 valence electrons. The predicted octanol–water partition coefficient (Wildman–Crippen LogP) is 28.1. The SMILES string of the molecule is Cc1cc(N)c(-c2ccccc2)nc1-c1ccc(CO)nc1.Cc1cc(NC(=O)N[C@@H]2c3cc(F)c(F)cc3C(C)(C)C[C@H]2O)c(-c2ccccc2)nc1Br.Cc1cc(NC(=O)Oc2ccccc2)c(-c2ccccc2)nc1Br.Cc1ccc(OC(=O)Nc2cc(C)c(-c3ccc(COC(=O)Oc4ccc(C)cc4)nc3)nc2-c2ccccc2)cc1.Cc1ccc(OC(=O)Nc2cc(C)c(-c3cn[nH]c3)nc2-c2ccccc2)cc1. The Bertz CT molecular complexity index is 7770. The van der Waals surface area contributed by atoms with Crippen molar-refractivity contribution in [3.05, 3.63) is 434 Å². The molecule has 18 aromatic rings. The predicted molar refractivity (Wildman–Crippen MR) is 586 cm³/mol. The molecule has 0 saturated heterocycles. The molecule has 0 radical (unpaired) electrons. The number of hydrogen-bond acceptors (Lipinski definition) is 21.